The van der Waals surface area contributed by atoms with Crippen molar-refractivity contribution in [2.75, 3.05) is 0 Å². The summed E-state index contributed by atoms with van der Waals surface area (Å²) in [6, 6.07) is 3.41. The van der Waals surface area contributed by atoms with E-state index in [-0.39, 0.29) is 11.8 Å². The van der Waals surface area contributed by atoms with Crippen LogP contribution in [0.25, 0.3) is 33.4 Å². The van der Waals surface area contributed by atoms with Crippen LogP contribution in [0.5, 0.6) is 0 Å². The summed E-state index contributed by atoms with van der Waals surface area (Å²) in [4.78, 5) is 9.05. The van der Waals surface area contributed by atoms with Gasteiger partial charge >= 0.3 is 6.18 Å². The van der Waals surface area contributed by atoms with Crippen LogP contribution in [0.15, 0.2) is 48.4 Å². The highest BCUT2D eigenvalue weighted by molar-refractivity contribution is 5.85. The van der Waals surface area contributed by atoms with Gasteiger partial charge in [-0.25, -0.2) is 9.37 Å². The molecule has 1 unspecified atom stereocenters. The molecule has 1 aliphatic carbocycles. The van der Waals surface area contributed by atoms with E-state index in [9.17, 15) is 13.2 Å². The van der Waals surface area contributed by atoms with Gasteiger partial charge in [-0.05, 0) is 42.0 Å². The minimum Gasteiger partial charge on any atom is -0.296 e. The fourth-order valence-corrected chi connectivity index (χ4v) is 4.34. The predicted octanol–water partition coefficient (Wildman–Crippen LogP) is 6.45. The Bertz CT molecular complexity index is 1440. The first kappa shape index (κ1) is 21.4. The molecule has 0 amide bonds. The summed E-state index contributed by atoms with van der Waals surface area (Å²) in [5, 5.41) is 7.02. The fourth-order valence-electron chi connectivity index (χ4n) is 4.34. The molecule has 4 aromatic rings. The summed E-state index contributed by atoms with van der Waals surface area (Å²) in [6.45, 7) is 5.66. The van der Waals surface area contributed by atoms with Crippen molar-refractivity contribution in [2.24, 2.45) is 5.92 Å². The summed E-state index contributed by atoms with van der Waals surface area (Å²) in [7, 11) is 0. The monoisotopic (exact) mass is 455 g/mol. The highest BCUT2D eigenvalue weighted by Gasteiger charge is 2.34. The van der Waals surface area contributed by atoms with E-state index in [2.05, 4.69) is 20.2 Å². The van der Waals surface area contributed by atoms with E-state index in [1.54, 1.807) is 29.7 Å². The van der Waals surface area contributed by atoms with Gasteiger partial charge in [-0.1, -0.05) is 26.8 Å². The number of nitrogens with zero attached hydrogens (tertiary/aromatic N) is 4. The van der Waals surface area contributed by atoms with Gasteiger partial charge in [0, 0.05) is 11.8 Å². The van der Waals surface area contributed by atoms with Crippen molar-refractivity contribution >= 4 is 22.1 Å². The lowest BCUT2D eigenvalue weighted by Gasteiger charge is -2.20. The van der Waals surface area contributed by atoms with Crippen molar-refractivity contribution in [1.29, 1.82) is 0 Å². The molecule has 1 aliphatic rings. The van der Waals surface area contributed by atoms with E-state index >= 15 is 4.39 Å². The van der Waals surface area contributed by atoms with Crippen LogP contribution in [0.1, 0.15) is 44.5 Å². The lowest BCUT2D eigenvalue weighted by atomic mass is 9.90. The molecule has 0 aliphatic heterocycles. The zero-order valence-electron chi connectivity index (χ0n) is 18.2. The average Bonchev–Trinajstić information content (AvgIpc) is 3.38. The lowest BCUT2D eigenvalue weighted by molar-refractivity contribution is -0.0888. The van der Waals surface area contributed by atoms with Gasteiger partial charge in [0.1, 0.15) is 5.82 Å². The number of aromatic nitrogens is 5. The van der Waals surface area contributed by atoms with Gasteiger partial charge in [-0.3, -0.25) is 14.5 Å². The number of halogens is 4. The molecule has 0 fully saturated rings. The van der Waals surface area contributed by atoms with Gasteiger partial charge in [0.15, 0.2) is 5.65 Å². The highest BCUT2D eigenvalue weighted by atomic mass is 19.4. The second-order valence-electron chi connectivity index (χ2n) is 8.73. The number of fused-ring (bicyclic) bond motifs is 2. The van der Waals surface area contributed by atoms with Crippen molar-refractivity contribution in [3.05, 3.63) is 65.7 Å². The first-order valence-electron chi connectivity index (χ1n) is 10.6. The number of hydrogen-bond acceptors (Lipinski definition) is 3. The number of H-pyrrole nitrogens is 1. The Morgan fingerprint density at radius 3 is 2.70 bits per heavy atom. The fraction of sp³-hybridized carbons (Fsp3) is 0.292. The van der Waals surface area contributed by atoms with Crippen LogP contribution in [0.4, 0.5) is 17.6 Å². The number of nitrogens with one attached hydrogen (secondary N) is 1. The van der Waals surface area contributed by atoms with E-state index in [4.69, 9.17) is 0 Å². The molecule has 1 N–H and O–H groups in total. The normalized spacial score (nSPS) is 17.2. The molecule has 3 aromatic heterocycles. The molecule has 1 aromatic carbocycles. The Morgan fingerprint density at radius 1 is 1.18 bits per heavy atom. The molecule has 9 heteroatoms. The van der Waals surface area contributed by atoms with E-state index in [1.165, 1.54) is 18.5 Å². The van der Waals surface area contributed by atoms with Crippen molar-refractivity contribution in [3.8, 4) is 11.3 Å². The second kappa shape index (κ2) is 7.54. The minimum atomic E-state index is -4.43. The molecule has 0 saturated heterocycles. The molecule has 0 saturated carbocycles. The number of alkyl halides is 3. The zero-order valence-corrected chi connectivity index (χ0v) is 18.2. The van der Waals surface area contributed by atoms with Gasteiger partial charge in [0.25, 0.3) is 0 Å². The topological polar surface area (TPSA) is 58.9 Å². The first-order valence-corrected chi connectivity index (χ1v) is 10.6. The molecule has 33 heavy (non-hydrogen) atoms. The van der Waals surface area contributed by atoms with Crippen molar-refractivity contribution in [3.63, 3.8) is 0 Å². The van der Waals surface area contributed by atoms with Gasteiger partial charge in [0.05, 0.1) is 46.0 Å². The number of benzene rings is 1. The Balaban J connectivity index is 1.72. The largest absolute Gasteiger partial charge is 0.416 e. The number of rotatable bonds is 3. The Hall–Kier alpha value is -3.49. The van der Waals surface area contributed by atoms with Crippen LogP contribution in [0.2, 0.25) is 0 Å². The van der Waals surface area contributed by atoms with Crippen LogP contribution < -0.4 is 0 Å². The standard InChI is InChI=1S/C24H21F4N5/c1-12(2)22-23(16-4-5-18-17(21(16)25)9-30-32-18)33-11-19(29-10-20(33)31-22)14-6-13(3)7-15(8-14)24(26,27)28/h4-5,7-13H,6H2,1-3H3,(H,30,32). The second-order valence-corrected chi connectivity index (χ2v) is 8.73. The van der Waals surface area contributed by atoms with E-state index in [1.807, 2.05) is 13.8 Å². The molecule has 5 nitrogen and oxygen atoms in total. The minimum absolute atomic E-state index is 0.0171. The molecular weight excluding hydrogens is 434 g/mol. The molecule has 5 rings (SSSR count). The third-order valence-electron chi connectivity index (χ3n) is 5.89. The van der Waals surface area contributed by atoms with Crippen molar-refractivity contribution in [1.82, 2.24) is 24.6 Å². The smallest absolute Gasteiger partial charge is 0.296 e. The maximum atomic E-state index is 15.5. The average molecular weight is 455 g/mol. The van der Waals surface area contributed by atoms with Crippen LogP contribution >= 0.6 is 0 Å². The highest BCUT2D eigenvalue weighted by Crippen LogP contribution is 2.38. The summed E-state index contributed by atoms with van der Waals surface area (Å²) in [5.41, 5.74) is 2.87. The summed E-state index contributed by atoms with van der Waals surface area (Å²) >= 11 is 0. The van der Waals surface area contributed by atoms with Crippen molar-refractivity contribution < 1.29 is 17.6 Å². The van der Waals surface area contributed by atoms with Crippen LogP contribution in [0, 0.1) is 11.7 Å². The van der Waals surface area contributed by atoms with Crippen molar-refractivity contribution in [2.45, 2.75) is 39.3 Å². The Labute approximate surface area is 186 Å². The molecule has 0 radical (unpaired) electrons. The summed E-state index contributed by atoms with van der Waals surface area (Å²) in [6.07, 6.45) is 2.98. The number of allylic oxidation sites excluding steroid dienone is 4. The summed E-state index contributed by atoms with van der Waals surface area (Å²) in [5.74, 6) is -0.735. The maximum absolute atomic E-state index is 15.5. The third kappa shape index (κ3) is 3.61. The van der Waals surface area contributed by atoms with Gasteiger partial charge in [-0.15, -0.1) is 0 Å². The van der Waals surface area contributed by atoms with E-state index < -0.39 is 17.6 Å². The van der Waals surface area contributed by atoms with Crippen LogP contribution in [-0.2, 0) is 0 Å². The predicted molar refractivity (Wildman–Crippen MR) is 118 cm³/mol. The number of imidazole rings is 1. The number of aromatic amines is 1. The van der Waals surface area contributed by atoms with Gasteiger partial charge < -0.3 is 0 Å². The Morgan fingerprint density at radius 2 is 1.97 bits per heavy atom. The maximum Gasteiger partial charge on any atom is 0.416 e. The molecule has 1 atom stereocenters. The van der Waals surface area contributed by atoms with Gasteiger partial charge in [-0.2, -0.15) is 18.3 Å². The van der Waals surface area contributed by atoms with E-state index in [0.29, 0.717) is 51.2 Å². The quantitative estimate of drug-likeness (QED) is 0.361. The lowest BCUT2D eigenvalue weighted by Crippen LogP contribution is -2.15. The number of hydrogen-bond donors (Lipinski definition) is 1. The molecule has 3 heterocycles. The Kier molecular flexibility index (Phi) is 4.88. The molecule has 0 bridgehead atoms. The molecular formula is C24H21F4N5. The van der Waals surface area contributed by atoms with E-state index in [0.717, 1.165) is 6.08 Å². The van der Waals surface area contributed by atoms with Gasteiger partial charge in [0.2, 0.25) is 0 Å². The SMILES string of the molecule is CC1C=C(C(F)(F)F)C=C(c2cn3c(-c4ccc5[nH]ncc5c4F)c(C(C)C)nc3cn2)C1. The summed E-state index contributed by atoms with van der Waals surface area (Å²) < 4.78 is 57.3. The van der Waals surface area contributed by atoms with Crippen LogP contribution in [0.3, 0.4) is 0 Å². The zero-order chi connectivity index (χ0) is 23.5. The first-order chi connectivity index (χ1) is 15.6. The third-order valence-corrected chi connectivity index (χ3v) is 5.89. The molecule has 170 valence electrons. The molecule has 0 spiro atoms. The van der Waals surface area contributed by atoms with Crippen LogP contribution in [-0.4, -0.2) is 30.7 Å².